The van der Waals surface area contributed by atoms with E-state index >= 15 is 0 Å². The van der Waals surface area contributed by atoms with E-state index in [1.807, 2.05) is 18.2 Å². The molecule has 5 heteroatoms. The number of hydrogen-bond donors (Lipinski definition) is 1. The molecule has 0 rings (SSSR count). The van der Waals surface area contributed by atoms with Gasteiger partial charge in [-0.05, 0) is 44.9 Å². The Morgan fingerprint density at radius 1 is 0.706 bits per heavy atom. The average molecular weight is 477 g/mol. The van der Waals surface area contributed by atoms with Crippen LogP contribution in [0.25, 0.3) is 0 Å². The first kappa shape index (κ1) is 31.9. The number of esters is 2. The molecule has 1 N–H and O–H groups in total. The lowest BCUT2D eigenvalue weighted by Crippen LogP contribution is -2.28. The lowest BCUT2D eigenvalue weighted by Gasteiger charge is -2.15. The number of allylic oxidation sites excluding steroid dienone is 8. The number of ether oxygens (including phenoxy) is 2. The third-order valence-corrected chi connectivity index (χ3v) is 5.18. The molecule has 0 aromatic rings. The summed E-state index contributed by atoms with van der Waals surface area (Å²) in [5.41, 5.74) is 0. The van der Waals surface area contributed by atoms with Crippen molar-refractivity contribution in [1.29, 1.82) is 0 Å². The second kappa shape index (κ2) is 25.5. The van der Waals surface area contributed by atoms with Crippen LogP contribution in [0.3, 0.4) is 0 Å². The molecule has 0 aliphatic heterocycles. The fourth-order valence-corrected chi connectivity index (χ4v) is 3.16. The molecule has 34 heavy (non-hydrogen) atoms. The molecule has 0 aromatic carbocycles. The van der Waals surface area contributed by atoms with Crippen LogP contribution in [0.4, 0.5) is 0 Å². The predicted octanol–water partition coefficient (Wildman–Crippen LogP) is 7.16. The number of carbonyl (C=O) groups is 2. The van der Waals surface area contributed by atoms with Crippen LogP contribution in [-0.2, 0) is 19.1 Å². The summed E-state index contributed by atoms with van der Waals surface area (Å²) in [4.78, 5) is 23.8. The van der Waals surface area contributed by atoms with E-state index in [1.165, 1.54) is 19.3 Å². The van der Waals surface area contributed by atoms with Gasteiger partial charge >= 0.3 is 11.9 Å². The van der Waals surface area contributed by atoms with Crippen molar-refractivity contribution in [1.82, 2.24) is 0 Å². The fraction of sp³-hybridized carbons (Fsp3) is 0.655. The van der Waals surface area contributed by atoms with Gasteiger partial charge in [0.2, 0.25) is 0 Å². The van der Waals surface area contributed by atoms with E-state index in [0.717, 1.165) is 51.4 Å². The van der Waals surface area contributed by atoms with Crippen molar-refractivity contribution in [2.75, 3.05) is 13.2 Å². The molecule has 0 aliphatic carbocycles. The summed E-state index contributed by atoms with van der Waals surface area (Å²) in [5.74, 6) is -0.691. The molecule has 1 atom stereocenters. The van der Waals surface area contributed by atoms with E-state index in [9.17, 15) is 14.7 Å². The summed E-state index contributed by atoms with van der Waals surface area (Å²) in [6.07, 6.45) is 29.0. The molecule has 0 aromatic heterocycles. The highest BCUT2D eigenvalue weighted by atomic mass is 16.6. The molecule has 0 amide bonds. The Balaban J connectivity index is 3.72. The Kier molecular flexibility index (Phi) is 23.9. The van der Waals surface area contributed by atoms with E-state index in [1.54, 1.807) is 0 Å². The molecule has 0 fully saturated rings. The van der Waals surface area contributed by atoms with Crippen LogP contribution < -0.4 is 0 Å². The summed E-state index contributed by atoms with van der Waals surface area (Å²) in [6, 6.07) is 0. The largest absolute Gasteiger partial charge is 0.462 e. The molecular weight excluding hydrogens is 428 g/mol. The van der Waals surface area contributed by atoms with Crippen molar-refractivity contribution in [2.45, 2.75) is 110 Å². The number of unbranched alkanes of at least 4 members (excludes halogenated alkanes) is 8. The van der Waals surface area contributed by atoms with Crippen LogP contribution in [0.5, 0.6) is 0 Å². The topological polar surface area (TPSA) is 72.8 Å². The highest BCUT2D eigenvalue weighted by Crippen LogP contribution is 2.09. The SMILES string of the molecule is CC/C=C/C=C/C=C/CCCCCCCC(=O)OCC(CO)OC(=O)CC/C=C/CCCCC. The second-order valence-electron chi connectivity index (χ2n) is 8.44. The molecule has 0 aliphatic rings. The van der Waals surface area contributed by atoms with Gasteiger partial charge in [0.1, 0.15) is 6.61 Å². The predicted molar refractivity (Wildman–Crippen MR) is 140 cm³/mol. The molecule has 194 valence electrons. The highest BCUT2D eigenvalue weighted by molar-refractivity contribution is 5.70. The van der Waals surface area contributed by atoms with Gasteiger partial charge in [0.05, 0.1) is 6.61 Å². The van der Waals surface area contributed by atoms with Crippen LogP contribution in [-0.4, -0.2) is 36.4 Å². The van der Waals surface area contributed by atoms with Gasteiger partial charge in [-0.25, -0.2) is 0 Å². The molecule has 1 unspecified atom stereocenters. The van der Waals surface area contributed by atoms with E-state index in [-0.39, 0.29) is 31.6 Å². The standard InChI is InChI=1S/C29H48O5/c1-3-5-7-9-11-12-13-14-15-16-18-19-21-23-28(31)33-26-27(25-30)34-29(32)24-22-20-17-10-8-6-4-2/h5,7,9,11-13,17,20,27,30H,3-4,6,8,10,14-16,18-19,21-26H2,1-2H3/b7-5+,11-9+,13-12+,20-17+. The zero-order chi connectivity index (χ0) is 25.1. The first-order valence-electron chi connectivity index (χ1n) is 13.2. The fourth-order valence-electron chi connectivity index (χ4n) is 3.16. The van der Waals surface area contributed by atoms with Gasteiger partial charge in [0.15, 0.2) is 6.10 Å². The zero-order valence-electron chi connectivity index (χ0n) is 21.6. The summed E-state index contributed by atoms with van der Waals surface area (Å²) in [7, 11) is 0. The third kappa shape index (κ3) is 23.0. The van der Waals surface area contributed by atoms with Crippen LogP contribution in [0, 0.1) is 0 Å². The summed E-state index contributed by atoms with van der Waals surface area (Å²) < 4.78 is 10.4. The molecule has 0 radical (unpaired) electrons. The van der Waals surface area contributed by atoms with Crippen molar-refractivity contribution in [3.05, 3.63) is 48.6 Å². The van der Waals surface area contributed by atoms with E-state index in [4.69, 9.17) is 9.47 Å². The minimum Gasteiger partial charge on any atom is -0.462 e. The first-order valence-corrected chi connectivity index (χ1v) is 13.2. The minimum atomic E-state index is -0.796. The van der Waals surface area contributed by atoms with Crippen LogP contribution >= 0.6 is 0 Å². The number of aliphatic hydroxyl groups is 1. The maximum Gasteiger partial charge on any atom is 0.306 e. The van der Waals surface area contributed by atoms with E-state index in [0.29, 0.717) is 12.8 Å². The van der Waals surface area contributed by atoms with E-state index in [2.05, 4.69) is 44.2 Å². The lowest BCUT2D eigenvalue weighted by atomic mass is 10.1. The van der Waals surface area contributed by atoms with Crippen molar-refractivity contribution in [2.24, 2.45) is 0 Å². The van der Waals surface area contributed by atoms with Gasteiger partial charge in [0, 0.05) is 12.8 Å². The Labute approximate surface area is 208 Å². The second-order valence-corrected chi connectivity index (χ2v) is 8.44. The molecular formula is C29H48O5. The zero-order valence-corrected chi connectivity index (χ0v) is 21.6. The molecule has 0 saturated heterocycles. The Morgan fingerprint density at radius 3 is 2.09 bits per heavy atom. The Hall–Kier alpha value is -2.14. The Bertz CT molecular complexity index is 604. The average Bonchev–Trinajstić information content (AvgIpc) is 2.84. The van der Waals surface area contributed by atoms with Gasteiger partial charge in [-0.2, -0.15) is 0 Å². The van der Waals surface area contributed by atoms with Gasteiger partial charge in [0.25, 0.3) is 0 Å². The molecule has 5 nitrogen and oxygen atoms in total. The lowest BCUT2D eigenvalue weighted by molar-refractivity contribution is -0.161. The molecule has 0 bridgehead atoms. The normalized spacial score (nSPS) is 12.9. The highest BCUT2D eigenvalue weighted by Gasteiger charge is 2.15. The van der Waals surface area contributed by atoms with Crippen LogP contribution in [0.1, 0.15) is 104 Å². The molecule has 0 spiro atoms. The van der Waals surface area contributed by atoms with Gasteiger partial charge in [-0.15, -0.1) is 0 Å². The first-order chi connectivity index (χ1) is 16.6. The monoisotopic (exact) mass is 476 g/mol. The third-order valence-electron chi connectivity index (χ3n) is 5.18. The van der Waals surface area contributed by atoms with Crippen molar-refractivity contribution in [3.8, 4) is 0 Å². The van der Waals surface area contributed by atoms with Gasteiger partial charge in [-0.1, -0.05) is 94.6 Å². The van der Waals surface area contributed by atoms with Crippen molar-refractivity contribution in [3.63, 3.8) is 0 Å². The molecule has 0 saturated carbocycles. The van der Waals surface area contributed by atoms with Crippen LogP contribution in [0.15, 0.2) is 48.6 Å². The summed E-state index contributed by atoms with van der Waals surface area (Å²) >= 11 is 0. The maximum absolute atomic E-state index is 11.9. The minimum absolute atomic E-state index is 0.0943. The summed E-state index contributed by atoms with van der Waals surface area (Å²) in [5, 5.41) is 9.38. The van der Waals surface area contributed by atoms with Gasteiger partial charge < -0.3 is 14.6 Å². The van der Waals surface area contributed by atoms with Crippen molar-refractivity contribution >= 4 is 11.9 Å². The maximum atomic E-state index is 11.9. The summed E-state index contributed by atoms with van der Waals surface area (Å²) in [6.45, 7) is 3.84. The number of carbonyl (C=O) groups excluding carboxylic acids is 2. The van der Waals surface area contributed by atoms with Crippen molar-refractivity contribution < 1.29 is 24.2 Å². The number of hydrogen-bond acceptors (Lipinski definition) is 5. The van der Waals surface area contributed by atoms with Gasteiger partial charge in [-0.3, -0.25) is 9.59 Å². The quantitative estimate of drug-likeness (QED) is 0.0776. The van der Waals surface area contributed by atoms with Crippen LogP contribution in [0.2, 0.25) is 0 Å². The Morgan fingerprint density at radius 2 is 1.35 bits per heavy atom. The smallest absolute Gasteiger partial charge is 0.306 e. The molecule has 0 heterocycles. The van der Waals surface area contributed by atoms with E-state index < -0.39 is 6.10 Å². The number of aliphatic hydroxyl groups excluding tert-OH is 1. The number of rotatable bonds is 22.